The van der Waals surface area contributed by atoms with Crippen molar-refractivity contribution in [2.75, 3.05) is 26.7 Å². The third-order valence-electron chi connectivity index (χ3n) is 1.93. The Bertz CT molecular complexity index is 206. The van der Waals surface area contributed by atoms with E-state index in [4.69, 9.17) is 9.84 Å². The topological polar surface area (TPSA) is 66.8 Å². The molecule has 0 saturated heterocycles. The monoisotopic (exact) mass is 217 g/mol. The highest BCUT2D eigenvalue weighted by Gasteiger charge is 2.05. The summed E-state index contributed by atoms with van der Waals surface area (Å²) in [5, 5.41) is 8.42. The van der Waals surface area contributed by atoms with Crippen molar-refractivity contribution in [3.63, 3.8) is 0 Å². The van der Waals surface area contributed by atoms with Gasteiger partial charge >= 0.3 is 11.9 Å². The molecule has 88 valence electrons. The first-order valence-corrected chi connectivity index (χ1v) is 5.12. The number of carbonyl (C=O) groups excluding carboxylic acids is 1. The van der Waals surface area contributed by atoms with Gasteiger partial charge in [-0.3, -0.25) is 9.59 Å². The smallest absolute Gasteiger partial charge is 0.307 e. The van der Waals surface area contributed by atoms with Gasteiger partial charge in [-0.05, 0) is 26.9 Å². The molecule has 0 unspecified atom stereocenters. The van der Waals surface area contributed by atoms with Crippen LogP contribution in [0.5, 0.6) is 0 Å². The van der Waals surface area contributed by atoms with Crippen molar-refractivity contribution in [1.82, 2.24) is 4.90 Å². The molecule has 0 aliphatic carbocycles. The second-order valence-corrected chi connectivity index (χ2v) is 3.36. The predicted octanol–water partition coefficient (Wildman–Crippen LogP) is 0.736. The zero-order chi connectivity index (χ0) is 11.7. The summed E-state index contributed by atoms with van der Waals surface area (Å²) in [6.45, 7) is 3.47. The number of carboxylic acid groups (broad SMARTS) is 1. The molecule has 0 atom stereocenters. The van der Waals surface area contributed by atoms with E-state index in [1.807, 2.05) is 11.9 Å². The molecule has 0 amide bonds. The minimum atomic E-state index is -0.784. The fraction of sp³-hybridized carbons (Fsp3) is 0.800. The zero-order valence-corrected chi connectivity index (χ0v) is 9.36. The van der Waals surface area contributed by atoms with Crippen LogP contribution < -0.4 is 0 Å². The molecule has 0 aromatic carbocycles. The van der Waals surface area contributed by atoms with Gasteiger partial charge in [-0.15, -0.1) is 0 Å². The fourth-order valence-electron chi connectivity index (χ4n) is 1.13. The van der Waals surface area contributed by atoms with Gasteiger partial charge < -0.3 is 14.7 Å². The minimum absolute atomic E-state index is 0.170. The maximum absolute atomic E-state index is 11.0. The maximum Gasteiger partial charge on any atom is 0.307 e. The van der Waals surface area contributed by atoms with E-state index in [0.29, 0.717) is 32.5 Å². The van der Waals surface area contributed by atoms with E-state index in [-0.39, 0.29) is 12.4 Å². The van der Waals surface area contributed by atoms with Crippen LogP contribution in [-0.2, 0) is 14.3 Å². The van der Waals surface area contributed by atoms with E-state index in [1.165, 1.54) is 0 Å². The number of ether oxygens (including phenoxy) is 1. The van der Waals surface area contributed by atoms with Crippen molar-refractivity contribution in [2.24, 2.45) is 0 Å². The Morgan fingerprint density at radius 2 is 1.93 bits per heavy atom. The molecule has 0 heterocycles. The SMILES string of the molecule is CCOC(=O)CCN(C)CCCC(=O)O. The van der Waals surface area contributed by atoms with Crippen molar-refractivity contribution in [2.45, 2.75) is 26.2 Å². The molecule has 0 saturated carbocycles. The first kappa shape index (κ1) is 13.9. The van der Waals surface area contributed by atoms with Crippen molar-refractivity contribution in [3.05, 3.63) is 0 Å². The van der Waals surface area contributed by atoms with E-state index in [9.17, 15) is 9.59 Å². The van der Waals surface area contributed by atoms with E-state index in [1.54, 1.807) is 6.92 Å². The molecular formula is C10H19NO4. The first-order chi connectivity index (χ1) is 7.06. The molecule has 0 aliphatic rings. The van der Waals surface area contributed by atoms with Crippen LogP contribution in [0.3, 0.4) is 0 Å². The summed E-state index contributed by atoms with van der Waals surface area (Å²) in [6, 6.07) is 0. The van der Waals surface area contributed by atoms with E-state index in [2.05, 4.69) is 0 Å². The highest BCUT2D eigenvalue weighted by atomic mass is 16.5. The number of carbonyl (C=O) groups is 2. The number of carboxylic acids is 1. The van der Waals surface area contributed by atoms with Crippen LogP contribution in [0.25, 0.3) is 0 Å². The van der Waals surface area contributed by atoms with Crippen LogP contribution in [0.4, 0.5) is 0 Å². The number of hydrogen-bond donors (Lipinski definition) is 1. The van der Waals surface area contributed by atoms with Gasteiger partial charge in [-0.25, -0.2) is 0 Å². The van der Waals surface area contributed by atoms with Crippen molar-refractivity contribution >= 4 is 11.9 Å². The number of hydrogen-bond acceptors (Lipinski definition) is 4. The van der Waals surface area contributed by atoms with Gasteiger partial charge in [-0.2, -0.15) is 0 Å². The number of nitrogens with zero attached hydrogens (tertiary/aromatic N) is 1. The Labute approximate surface area is 90.0 Å². The van der Waals surface area contributed by atoms with Gasteiger partial charge in [0.05, 0.1) is 13.0 Å². The lowest BCUT2D eigenvalue weighted by atomic mass is 10.3. The van der Waals surface area contributed by atoms with Gasteiger partial charge in [0.25, 0.3) is 0 Å². The number of rotatable bonds is 8. The lowest BCUT2D eigenvalue weighted by molar-refractivity contribution is -0.143. The average Bonchev–Trinajstić information content (AvgIpc) is 2.14. The molecule has 0 aromatic heterocycles. The lowest BCUT2D eigenvalue weighted by Gasteiger charge is -2.14. The Kier molecular flexibility index (Phi) is 7.62. The molecule has 5 nitrogen and oxygen atoms in total. The van der Waals surface area contributed by atoms with E-state index in [0.717, 1.165) is 0 Å². The number of aliphatic carboxylic acids is 1. The molecule has 0 spiro atoms. The fourth-order valence-corrected chi connectivity index (χ4v) is 1.13. The molecule has 0 fully saturated rings. The predicted molar refractivity (Wildman–Crippen MR) is 55.6 cm³/mol. The van der Waals surface area contributed by atoms with Gasteiger partial charge in [0.15, 0.2) is 0 Å². The molecule has 5 heteroatoms. The summed E-state index contributed by atoms with van der Waals surface area (Å²) in [6.07, 6.45) is 1.13. The summed E-state index contributed by atoms with van der Waals surface area (Å²) in [7, 11) is 1.86. The summed E-state index contributed by atoms with van der Waals surface area (Å²) < 4.78 is 4.78. The molecule has 0 aliphatic heterocycles. The summed E-state index contributed by atoms with van der Waals surface area (Å²) in [4.78, 5) is 23.2. The summed E-state index contributed by atoms with van der Waals surface area (Å²) >= 11 is 0. The van der Waals surface area contributed by atoms with Crippen molar-refractivity contribution < 1.29 is 19.4 Å². The highest BCUT2D eigenvalue weighted by molar-refractivity contribution is 5.69. The zero-order valence-electron chi connectivity index (χ0n) is 9.36. The molecule has 0 rings (SSSR count). The highest BCUT2D eigenvalue weighted by Crippen LogP contribution is 1.95. The summed E-state index contributed by atoms with van der Waals surface area (Å²) in [5.41, 5.74) is 0. The molecule has 0 bridgehead atoms. The number of esters is 1. The molecule has 0 radical (unpaired) electrons. The minimum Gasteiger partial charge on any atom is -0.481 e. The Hall–Kier alpha value is -1.10. The lowest BCUT2D eigenvalue weighted by Crippen LogP contribution is -2.24. The molecule has 15 heavy (non-hydrogen) atoms. The normalized spacial score (nSPS) is 10.3. The van der Waals surface area contributed by atoms with Crippen molar-refractivity contribution in [1.29, 1.82) is 0 Å². The first-order valence-electron chi connectivity index (χ1n) is 5.12. The van der Waals surface area contributed by atoms with Crippen LogP contribution >= 0.6 is 0 Å². The van der Waals surface area contributed by atoms with Gasteiger partial charge in [0.2, 0.25) is 0 Å². The maximum atomic E-state index is 11.0. The van der Waals surface area contributed by atoms with Gasteiger partial charge in [-0.1, -0.05) is 0 Å². The van der Waals surface area contributed by atoms with Crippen molar-refractivity contribution in [3.8, 4) is 0 Å². The quantitative estimate of drug-likeness (QED) is 0.607. The molecular weight excluding hydrogens is 198 g/mol. The van der Waals surface area contributed by atoms with E-state index < -0.39 is 5.97 Å². The van der Waals surface area contributed by atoms with Crippen LogP contribution in [0, 0.1) is 0 Å². The van der Waals surface area contributed by atoms with Crippen LogP contribution in [0.1, 0.15) is 26.2 Å². The van der Waals surface area contributed by atoms with Crippen LogP contribution in [-0.4, -0.2) is 48.7 Å². The second-order valence-electron chi connectivity index (χ2n) is 3.36. The Morgan fingerprint density at radius 1 is 1.27 bits per heavy atom. The Morgan fingerprint density at radius 3 is 2.47 bits per heavy atom. The largest absolute Gasteiger partial charge is 0.481 e. The standard InChI is InChI=1S/C10H19NO4/c1-3-15-10(14)6-8-11(2)7-4-5-9(12)13/h3-8H2,1-2H3,(H,12,13). The van der Waals surface area contributed by atoms with Crippen LogP contribution in [0.2, 0.25) is 0 Å². The van der Waals surface area contributed by atoms with Gasteiger partial charge in [0.1, 0.15) is 0 Å². The third-order valence-corrected chi connectivity index (χ3v) is 1.93. The summed E-state index contributed by atoms with van der Waals surface area (Å²) in [5.74, 6) is -0.989. The average molecular weight is 217 g/mol. The van der Waals surface area contributed by atoms with E-state index >= 15 is 0 Å². The second kappa shape index (κ2) is 8.23. The van der Waals surface area contributed by atoms with Crippen LogP contribution in [0.15, 0.2) is 0 Å². The molecule has 0 aromatic rings. The third kappa shape index (κ3) is 9.21. The van der Waals surface area contributed by atoms with Gasteiger partial charge in [0, 0.05) is 13.0 Å². The molecule has 1 N–H and O–H groups in total. The Balaban J connectivity index is 3.44.